The molecule has 1 amide bonds. The number of nitrogens with two attached hydrogens (primary N) is 1. The normalized spacial score (nSPS) is 27.8. The van der Waals surface area contributed by atoms with Crippen molar-refractivity contribution >= 4 is 5.91 Å². The molecule has 4 N–H and O–H groups in total. The number of carbonyl (C=O) groups is 1. The van der Waals surface area contributed by atoms with E-state index in [1.165, 1.54) is 6.42 Å². The SMILES string of the molecule is NC(=O)CNCC1CCCC1CO. The molecule has 0 aromatic carbocycles. The molecule has 0 aliphatic heterocycles. The monoisotopic (exact) mass is 186 g/mol. The van der Waals surface area contributed by atoms with Gasteiger partial charge in [-0.25, -0.2) is 0 Å². The summed E-state index contributed by atoms with van der Waals surface area (Å²) in [5.41, 5.74) is 4.99. The van der Waals surface area contributed by atoms with E-state index in [0.29, 0.717) is 11.8 Å². The highest BCUT2D eigenvalue weighted by atomic mass is 16.3. The number of hydrogen-bond donors (Lipinski definition) is 3. The van der Waals surface area contributed by atoms with E-state index in [1.54, 1.807) is 0 Å². The maximum absolute atomic E-state index is 10.4. The molecule has 1 rings (SSSR count). The molecule has 0 bridgehead atoms. The molecule has 4 nitrogen and oxygen atoms in total. The van der Waals surface area contributed by atoms with Gasteiger partial charge in [-0.15, -0.1) is 0 Å². The molecule has 0 radical (unpaired) electrons. The van der Waals surface area contributed by atoms with E-state index >= 15 is 0 Å². The van der Waals surface area contributed by atoms with Crippen LogP contribution in [0.5, 0.6) is 0 Å². The molecular formula is C9H18N2O2. The van der Waals surface area contributed by atoms with Crippen molar-refractivity contribution in [2.24, 2.45) is 17.6 Å². The van der Waals surface area contributed by atoms with Gasteiger partial charge in [0.25, 0.3) is 0 Å². The zero-order valence-corrected chi connectivity index (χ0v) is 7.83. The molecule has 0 aromatic rings. The van der Waals surface area contributed by atoms with Gasteiger partial charge in [-0.3, -0.25) is 4.79 Å². The van der Waals surface area contributed by atoms with Gasteiger partial charge in [-0.05, 0) is 31.2 Å². The maximum atomic E-state index is 10.4. The largest absolute Gasteiger partial charge is 0.396 e. The zero-order chi connectivity index (χ0) is 9.68. The number of primary amides is 1. The van der Waals surface area contributed by atoms with Crippen molar-refractivity contribution in [3.63, 3.8) is 0 Å². The fourth-order valence-electron chi connectivity index (χ4n) is 2.00. The lowest BCUT2D eigenvalue weighted by molar-refractivity contribution is -0.117. The van der Waals surface area contributed by atoms with E-state index in [0.717, 1.165) is 19.4 Å². The highest BCUT2D eigenvalue weighted by molar-refractivity contribution is 5.75. The Hall–Kier alpha value is -0.610. The number of aliphatic hydroxyl groups excluding tert-OH is 1. The minimum absolute atomic E-state index is 0.245. The van der Waals surface area contributed by atoms with Gasteiger partial charge in [-0.1, -0.05) is 6.42 Å². The molecule has 4 heteroatoms. The molecule has 0 aromatic heterocycles. The second-order valence-corrected chi connectivity index (χ2v) is 3.73. The van der Waals surface area contributed by atoms with Crippen molar-refractivity contribution in [3.05, 3.63) is 0 Å². The third-order valence-electron chi connectivity index (χ3n) is 2.76. The molecular weight excluding hydrogens is 168 g/mol. The van der Waals surface area contributed by atoms with Gasteiger partial charge in [0, 0.05) is 6.61 Å². The van der Waals surface area contributed by atoms with Crippen LogP contribution in [0.2, 0.25) is 0 Å². The van der Waals surface area contributed by atoms with E-state index < -0.39 is 0 Å². The summed E-state index contributed by atoms with van der Waals surface area (Å²) in [4.78, 5) is 10.4. The minimum Gasteiger partial charge on any atom is -0.396 e. The lowest BCUT2D eigenvalue weighted by Gasteiger charge is -2.17. The first-order chi connectivity index (χ1) is 6.24. The van der Waals surface area contributed by atoms with Gasteiger partial charge < -0.3 is 16.2 Å². The van der Waals surface area contributed by atoms with E-state index in [9.17, 15) is 4.79 Å². The van der Waals surface area contributed by atoms with Gasteiger partial charge in [0.15, 0.2) is 0 Å². The molecule has 1 saturated carbocycles. The van der Waals surface area contributed by atoms with Gasteiger partial charge >= 0.3 is 0 Å². The van der Waals surface area contributed by atoms with Gasteiger partial charge in [0.1, 0.15) is 0 Å². The summed E-state index contributed by atoms with van der Waals surface area (Å²) in [5, 5.41) is 12.0. The Kier molecular flexibility index (Phi) is 4.18. The maximum Gasteiger partial charge on any atom is 0.231 e. The van der Waals surface area contributed by atoms with Crippen LogP contribution in [0.3, 0.4) is 0 Å². The third-order valence-corrected chi connectivity index (χ3v) is 2.76. The average Bonchev–Trinajstić information content (AvgIpc) is 2.51. The summed E-state index contributed by atoms with van der Waals surface area (Å²) < 4.78 is 0. The lowest BCUT2D eigenvalue weighted by Crippen LogP contribution is -2.33. The first-order valence-corrected chi connectivity index (χ1v) is 4.84. The van der Waals surface area contributed by atoms with Gasteiger partial charge in [0.05, 0.1) is 6.54 Å². The molecule has 2 unspecified atom stereocenters. The van der Waals surface area contributed by atoms with Crippen LogP contribution in [0.15, 0.2) is 0 Å². The molecule has 2 atom stereocenters. The number of hydrogen-bond acceptors (Lipinski definition) is 3. The summed E-state index contributed by atoms with van der Waals surface area (Å²) in [6.07, 6.45) is 3.45. The van der Waals surface area contributed by atoms with Crippen molar-refractivity contribution in [1.82, 2.24) is 5.32 Å². The van der Waals surface area contributed by atoms with E-state index in [4.69, 9.17) is 10.8 Å². The lowest BCUT2D eigenvalue weighted by atomic mass is 9.97. The number of nitrogens with one attached hydrogen (secondary N) is 1. The summed E-state index contributed by atoms with van der Waals surface area (Å²) in [5.74, 6) is 0.614. The van der Waals surface area contributed by atoms with Crippen molar-refractivity contribution in [3.8, 4) is 0 Å². The second kappa shape index (κ2) is 5.19. The zero-order valence-electron chi connectivity index (χ0n) is 7.83. The van der Waals surface area contributed by atoms with Crippen LogP contribution in [0, 0.1) is 11.8 Å². The molecule has 0 saturated heterocycles. The van der Waals surface area contributed by atoms with Crippen LogP contribution < -0.4 is 11.1 Å². The average molecular weight is 186 g/mol. The van der Waals surface area contributed by atoms with Crippen LogP contribution in [-0.2, 0) is 4.79 Å². The fraction of sp³-hybridized carbons (Fsp3) is 0.889. The minimum atomic E-state index is -0.321. The Labute approximate surface area is 78.5 Å². The van der Waals surface area contributed by atoms with Crippen LogP contribution in [-0.4, -0.2) is 30.7 Å². The Morgan fingerprint density at radius 3 is 2.77 bits per heavy atom. The Balaban J connectivity index is 2.16. The number of rotatable bonds is 5. The Morgan fingerprint density at radius 2 is 2.15 bits per heavy atom. The molecule has 1 fully saturated rings. The second-order valence-electron chi connectivity index (χ2n) is 3.73. The summed E-state index contributed by atoms with van der Waals surface area (Å²) >= 11 is 0. The van der Waals surface area contributed by atoms with Gasteiger partial charge in [0.2, 0.25) is 5.91 Å². The van der Waals surface area contributed by atoms with E-state index in [2.05, 4.69) is 5.32 Å². The van der Waals surface area contributed by atoms with Crippen molar-refractivity contribution in [1.29, 1.82) is 0 Å². The Morgan fingerprint density at radius 1 is 1.46 bits per heavy atom. The number of carbonyl (C=O) groups excluding carboxylic acids is 1. The molecule has 0 heterocycles. The smallest absolute Gasteiger partial charge is 0.231 e. The Bertz CT molecular complexity index is 173. The highest BCUT2D eigenvalue weighted by Crippen LogP contribution is 2.30. The van der Waals surface area contributed by atoms with Crippen LogP contribution >= 0.6 is 0 Å². The third kappa shape index (κ3) is 3.32. The first-order valence-electron chi connectivity index (χ1n) is 4.84. The number of amides is 1. The summed E-state index contributed by atoms with van der Waals surface area (Å²) in [6.45, 7) is 1.31. The fourth-order valence-corrected chi connectivity index (χ4v) is 2.00. The predicted molar refractivity (Wildman–Crippen MR) is 50.0 cm³/mol. The molecule has 76 valence electrons. The van der Waals surface area contributed by atoms with Crippen molar-refractivity contribution in [2.45, 2.75) is 19.3 Å². The van der Waals surface area contributed by atoms with Crippen LogP contribution in [0.1, 0.15) is 19.3 Å². The number of aliphatic hydroxyl groups is 1. The van der Waals surface area contributed by atoms with Crippen molar-refractivity contribution in [2.75, 3.05) is 19.7 Å². The van der Waals surface area contributed by atoms with Crippen LogP contribution in [0.4, 0.5) is 0 Å². The molecule has 1 aliphatic rings. The topological polar surface area (TPSA) is 75.4 Å². The standard InChI is InChI=1S/C9H18N2O2/c10-9(13)5-11-4-7-2-1-3-8(7)6-12/h7-8,11-12H,1-6H2,(H2,10,13). The predicted octanol–water partition coefficient (Wildman–Crippen LogP) is -0.530. The highest BCUT2D eigenvalue weighted by Gasteiger charge is 2.25. The molecule has 0 spiro atoms. The van der Waals surface area contributed by atoms with Crippen LogP contribution in [0.25, 0.3) is 0 Å². The summed E-state index contributed by atoms with van der Waals surface area (Å²) in [7, 11) is 0. The van der Waals surface area contributed by atoms with E-state index in [1.807, 2.05) is 0 Å². The quantitative estimate of drug-likeness (QED) is 0.540. The van der Waals surface area contributed by atoms with E-state index in [-0.39, 0.29) is 19.1 Å². The van der Waals surface area contributed by atoms with Crippen molar-refractivity contribution < 1.29 is 9.90 Å². The van der Waals surface area contributed by atoms with Gasteiger partial charge in [-0.2, -0.15) is 0 Å². The molecule has 1 aliphatic carbocycles. The molecule has 13 heavy (non-hydrogen) atoms. The first kappa shape index (κ1) is 10.5. The summed E-state index contributed by atoms with van der Waals surface area (Å²) in [6, 6.07) is 0.